The van der Waals surface area contributed by atoms with Gasteiger partial charge in [0.2, 0.25) is 0 Å². The molecule has 0 saturated heterocycles. The fourth-order valence-electron chi connectivity index (χ4n) is 3.02. The Bertz CT molecular complexity index is 1050. The average Bonchev–Trinajstić information content (AvgIpc) is 3.07. The van der Waals surface area contributed by atoms with Gasteiger partial charge in [-0.05, 0) is 49.1 Å². The van der Waals surface area contributed by atoms with Crippen LogP contribution in [0, 0.1) is 13.8 Å². The molecule has 28 heavy (non-hydrogen) atoms. The molecule has 3 aromatic rings. The maximum Gasteiger partial charge on any atom is 0.268 e. The normalized spacial score (nSPS) is 11.0. The molecule has 0 radical (unpaired) electrons. The SMILES string of the molecule is Cc1nc(CCNC(=O)c2c(C)ccn(-c3cccc(C(C)C)c3)c2=O)n[nH]1. The first-order valence-electron chi connectivity index (χ1n) is 9.35. The van der Waals surface area contributed by atoms with Gasteiger partial charge in [-0.25, -0.2) is 4.98 Å². The molecule has 7 heteroatoms. The third-order valence-electron chi connectivity index (χ3n) is 4.62. The molecule has 0 aliphatic heterocycles. The monoisotopic (exact) mass is 379 g/mol. The van der Waals surface area contributed by atoms with Crippen molar-refractivity contribution < 1.29 is 4.79 Å². The van der Waals surface area contributed by atoms with Crippen molar-refractivity contribution in [1.82, 2.24) is 25.1 Å². The lowest BCUT2D eigenvalue weighted by atomic mass is 10.0. The Hall–Kier alpha value is -3.22. The number of hydrogen-bond acceptors (Lipinski definition) is 4. The van der Waals surface area contributed by atoms with Gasteiger partial charge < -0.3 is 5.32 Å². The first-order chi connectivity index (χ1) is 13.4. The molecule has 2 N–H and O–H groups in total. The van der Waals surface area contributed by atoms with Crippen molar-refractivity contribution in [1.29, 1.82) is 0 Å². The Morgan fingerprint density at radius 1 is 1.25 bits per heavy atom. The molecule has 0 unspecified atom stereocenters. The zero-order valence-corrected chi connectivity index (χ0v) is 16.6. The Morgan fingerprint density at radius 3 is 2.71 bits per heavy atom. The van der Waals surface area contributed by atoms with E-state index in [-0.39, 0.29) is 17.0 Å². The standard InChI is InChI=1S/C21H25N5O2/c1-13(2)16-6-5-7-17(12-16)26-11-9-14(3)19(21(26)28)20(27)22-10-8-18-23-15(4)24-25-18/h5-7,9,11-13H,8,10H2,1-4H3,(H,22,27)(H,23,24,25). The summed E-state index contributed by atoms with van der Waals surface area (Å²) in [6.07, 6.45) is 2.21. The second-order valence-electron chi connectivity index (χ2n) is 7.14. The van der Waals surface area contributed by atoms with Crippen molar-refractivity contribution in [3.05, 3.63) is 75.2 Å². The summed E-state index contributed by atoms with van der Waals surface area (Å²) in [7, 11) is 0. The largest absolute Gasteiger partial charge is 0.351 e. The second kappa shape index (κ2) is 8.21. The maximum absolute atomic E-state index is 13.0. The molecule has 2 heterocycles. The number of H-pyrrole nitrogens is 1. The quantitative estimate of drug-likeness (QED) is 0.689. The Morgan fingerprint density at radius 2 is 2.04 bits per heavy atom. The van der Waals surface area contributed by atoms with Crippen LogP contribution in [0.25, 0.3) is 5.69 Å². The minimum Gasteiger partial charge on any atom is -0.351 e. The number of carbonyl (C=O) groups excluding carboxylic acids is 1. The summed E-state index contributed by atoms with van der Waals surface area (Å²) in [5.41, 5.74) is 2.36. The van der Waals surface area contributed by atoms with E-state index in [1.54, 1.807) is 19.2 Å². The molecule has 0 aliphatic carbocycles. The van der Waals surface area contributed by atoms with Crippen LogP contribution in [0.1, 0.15) is 52.9 Å². The van der Waals surface area contributed by atoms with Gasteiger partial charge in [-0.15, -0.1) is 0 Å². The first-order valence-corrected chi connectivity index (χ1v) is 9.35. The van der Waals surface area contributed by atoms with Crippen LogP contribution in [-0.2, 0) is 6.42 Å². The zero-order valence-electron chi connectivity index (χ0n) is 16.6. The Kier molecular flexibility index (Phi) is 5.73. The number of pyridine rings is 1. The number of benzene rings is 1. The lowest BCUT2D eigenvalue weighted by Crippen LogP contribution is -2.34. The second-order valence-corrected chi connectivity index (χ2v) is 7.14. The van der Waals surface area contributed by atoms with Crippen LogP contribution in [-0.4, -0.2) is 32.2 Å². The molecule has 146 valence electrons. The fraction of sp³-hybridized carbons (Fsp3) is 0.333. The highest BCUT2D eigenvalue weighted by Crippen LogP contribution is 2.17. The minimum absolute atomic E-state index is 0.156. The number of amides is 1. The van der Waals surface area contributed by atoms with Crippen LogP contribution >= 0.6 is 0 Å². The Labute approximate surface area is 163 Å². The molecule has 0 atom stereocenters. The number of aryl methyl sites for hydroxylation is 2. The van der Waals surface area contributed by atoms with Crippen molar-refractivity contribution in [3.63, 3.8) is 0 Å². The molecule has 0 aliphatic rings. The highest BCUT2D eigenvalue weighted by atomic mass is 16.2. The lowest BCUT2D eigenvalue weighted by Gasteiger charge is -2.13. The van der Waals surface area contributed by atoms with E-state index in [0.29, 0.717) is 30.3 Å². The molecule has 0 saturated carbocycles. The van der Waals surface area contributed by atoms with Crippen LogP contribution in [0.5, 0.6) is 0 Å². The van der Waals surface area contributed by atoms with Crippen LogP contribution in [0.15, 0.2) is 41.3 Å². The van der Waals surface area contributed by atoms with Gasteiger partial charge in [0.05, 0.1) is 0 Å². The van der Waals surface area contributed by atoms with Crippen molar-refractivity contribution in [3.8, 4) is 5.69 Å². The predicted octanol–water partition coefficient (Wildman–Crippen LogP) is 2.67. The van der Waals surface area contributed by atoms with Crippen LogP contribution < -0.4 is 10.9 Å². The summed E-state index contributed by atoms with van der Waals surface area (Å²) >= 11 is 0. The summed E-state index contributed by atoms with van der Waals surface area (Å²) < 4.78 is 1.52. The molecule has 2 aromatic heterocycles. The van der Waals surface area contributed by atoms with Gasteiger partial charge in [-0.2, -0.15) is 5.10 Å². The van der Waals surface area contributed by atoms with Crippen LogP contribution in [0.3, 0.4) is 0 Å². The van der Waals surface area contributed by atoms with Crippen molar-refractivity contribution >= 4 is 5.91 Å². The van der Waals surface area contributed by atoms with E-state index in [9.17, 15) is 9.59 Å². The van der Waals surface area contributed by atoms with Gasteiger partial charge >= 0.3 is 0 Å². The minimum atomic E-state index is -0.385. The van der Waals surface area contributed by atoms with Crippen molar-refractivity contribution in [2.45, 2.75) is 40.0 Å². The maximum atomic E-state index is 13.0. The van der Waals surface area contributed by atoms with Gasteiger partial charge in [0.25, 0.3) is 11.5 Å². The van der Waals surface area contributed by atoms with Gasteiger partial charge in [-0.3, -0.25) is 19.3 Å². The summed E-state index contributed by atoms with van der Waals surface area (Å²) in [6.45, 7) is 8.15. The molecule has 0 spiro atoms. The summed E-state index contributed by atoms with van der Waals surface area (Å²) in [4.78, 5) is 29.9. The van der Waals surface area contributed by atoms with E-state index in [0.717, 1.165) is 17.1 Å². The molecule has 7 nitrogen and oxygen atoms in total. The van der Waals surface area contributed by atoms with Crippen molar-refractivity contribution in [2.75, 3.05) is 6.54 Å². The highest BCUT2D eigenvalue weighted by molar-refractivity contribution is 5.95. The van der Waals surface area contributed by atoms with E-state index >= 15 is 0 Å². The first kappa shape index (κ1) is 19.5. The molecule has 1 aromatic carbocycles. The Balaban J connectivity index is 1.83. The van der Waals surface area contributed by atoms with Crippen LogP contribution in [0.4, 0.5) is 0 Å². The molecule has 0 bridgehead atoms. The van der Waals surface area contributed by atoms with Crippen molar-refractivity contribution in [2.24, 2.45) is 0 Å². The number of aromatic amines is 1. The number of aromatic nitrogens is 4. The molecule has 3 rings (SSSR count). The lowest BCUT2D eigenvalue weighted by molar-refractivity contribution is 0.0951. The van der Waals surface area contributed by atoms with Gasteiger partial charge in [0, 0.05) is 24.8 Å². The zero-order chi connectivity index (χ0) is 20.3. The topological polar surface area (TPSA) is 92.7 Å². The number of nitrogens with one attached hydrogen (secondary N) is 2. The smallest absolute Gasteiger partial charge is 0.268 e. The summed E-state index contributed by atoms with van der Waals surface area (Å²) in [5, 5.41) is 9.61. The number of rotatable bonds is 6. The highest BCUT2D eigenvalue weighted by Gasteiger charge is 2.16. The van der Waals surface area contributed by atoms with Crippen LogP contribution in [0.2, 0.25) is 0 Å². The van der Waals surface area contributed by atoms with E-state index in [4.69, 9.17) is 0 Å². The molecular weight excluding hydrogens is 354 g/mol. The van der Waals surface area contributed by atoms with E-state index in [2.05, 4.69) is 34.3 Å². The summed E-state index contributed by atoms with van der Waals surface area (Å²) in [6, 6.07) is 9.60. The number of carbonyl (C=O) groups is 1. The molecular formula is C21H25N5O2. The fourth-order valence-corrected chi connectivity index (χ4v) is 3.02. The van der Waals surface area contributed by atoms with E-state index in [1.807, 2.05) is 31.2 Å². The van der Waals surface area contributed by atoms with Gasteiger partial charge in [0.15, 0.2) is 5.82 Å². The number of hydrogen-bond donors (Lipinski definition) is 2. The predicted molar refractivity (Wildman–Crippen MR) is 108 cm³/mol. The van der Waals surface area contributed by atoms with Gasteiger partial charge in [0.1, 0.15) is 11.4 Å². The molecule has 0 fully saturated rings. The van der Waals surface area contributed by atoms with Gasteiger partial charge in [-0.1, -0.05) is 26.0 Å². The van der Waals surface area contributed by atoms with E-state index < -0.39 is 0 Å². The molecule has 1 amide bonds. The average molecular weight is 379 g/mol. The number of nitrogens with zero attached hydrogens (tertiary/aromatic N) is 3. The summed E-state index contributed by atoms with van der Waals surface area (Å²) in [5.74, 6) is 1.32. The third-order valence-corrected chi connectivity index (χ3v) is 4.62. The van der Waals surface area contributed by atoms with E-state index in [1.165, 1.54) is 4.57 Å². The third kappa shape index (κ3) is 4.19.